The van der Waals surface area contributed by atoms with Crippen molar-refractivity contribution >= 4 is 11.9 Å². The molecular formula is C14H19F2N3O5. The van der Waals surface area contributed by atoms with Crippen molar-refractivity contribution in [1.82, 2.24) is 9.55 Å². The van der Waals surface area contributed by atoms with Gasteiger partial charge in [0.1, 0.15) is 12.4 Å². The number of anilines is 1. The Morgan fingerprint density at radius 3 is 2.79 bits per heavy atom. The van der Waals surface area contributed by atoms with Gasteiger partial charge in [0.2, 0.25) is 6.23 Å². The van der Waals surface area contributed by atoms with Crippen LogP contribution in [0.5, 0.6) is 0 Å². The van der Waals surface area contributed by atoms with E-state index >= 15 is 0 Å². The van der Waals surface area contributed by atoms with E-state index in [4.69, 9.17) is 9.84 Å². The molecular weight excluding hydrogens is 328 g/mol. The molecule has 0 unspecified atom stereocenters. The molecule has 24 heavy (non-hydrogen) atoms. The van der Waals surface area contributed by atoms with Gasteiger partial charge in [-0.05, 0) is 13.0 Å². The van der Waals surface area contributed by atoms with E-state index < -0.39 is 36.6 Å². The zero-order valence-electron chi connectivity index (χ0n) is 13.2. The summed E-state index contributed by atoms with van der Waals surface area (Å²) in [5, 5.41) is 11.1. The van der Waals surface area contributed by atoms with Crippen molar-refractivity contribution in [3.05, 3.63) is 35.4 Å². The summed E-state index contributed by atoms with van der Waals surface area (Å²) in [6, 6.07) is 1.14. The second kappa shape index (κ2) is 8.50. The number of carbonyl (C=O) groups is 1. The molecule has 0 saturated carbocycles. The summed E-state index contributed by atoms with van der Waals surface area (Å²) in [5.41, 5.74) is -1.06. The molecule has 0 aliphatic rings. The number of hydrogen-bond donors (Lipinski definition) is 2. The van der Waals surface area contributed by atoms with Crippen LogP contribution < -0.4 is 11.0 Å². The third-order valence-electron chi connectivity index (χ3n) is 2.70. The topological polar surface area (TPSA) is 103 Å². The smallest absolute Gasteiger partial charge is 0.413 e. The van der Waals surface area contributed by atoms with Crippen molar-refractivity contribution in [2.24, 2.45) is 0 Å². The number of nitrogens with one attached hydrogen (secondary N) is 1. The number of hydrogen-bond acceptors (Lipinski definition) is 6. The summed E-state index contributed by atoms with van der Waals surface area (Å²) < 4.78 is 37.6. The Morgan fingerprint density at radius 2 is 2.29 bits per heavy atom. The van der Waals surface area contributed by atoms with Gasteiger partial charge in [-0.15, -0.1) is 0 Å². The van der Waals surface area contributed by atoms with E-state index in [0.717, 1.165) is 12.3 Å². The summed E-state index contributed by atoms with van der Waals surface area (Å²) in [7, 11) is 0. The number of ether oxygens (including phenoxy) is 2. The Bertz CT molecular complexity index is 630. The number of amides is 1. The molecule has 0 aromatic carbocycles. The van der Waals surface area contributed by atoms with E-state index in [9.17, 15) is 18.4 Å². The quantitative estimate of drug-likeness (QED) is 0.692. The van der Waals surface area contributed by atoms with Crippen LogP contribution in [-0.4, -0.2) is 46.0 Å². The molecule has 0 fully saturated rings. The molecule has 1 heterocycles. The van der Waals surface area contributed by atoms with E-state index in [-0.39, 0.29) is 12.4 Å². The van der Waals surface area contributed by atoms with Gasteiger partial charge in [-0.3, -0.25) is 9.88 Å². The van der Waals surface area contributed by atoms with Gasteiger partial charge in [-0.25, -0.2) is 18.4 Å². The van der Waals surface area contributed by atoms with Crippen molar-refractivity contribution < 1.29 is 28.2 Å². The molecule has 0 radical (unpaired) electrons. The molecule has 2 atom stereocenters. The molecule has 0 bridgehead atoms. The maximum absolute atomic E-state index is 13.7. The first-order valence-corrected chi connectivity index (χ1v) is 6.97. The number of nitrogens with zero attached hydrogens (tertiary/aromatic N) is 2. The second-order valence-corrected chi connectivity index (χ2v) is 4.95. The average Bonchev–Trinajstić information content (AvgIpc) is 2.50. The van der Waals surface area contributed by atoms with Crippen LogP contribution >= 0.6 is 0 Å². The Balaban J connectivity index is 3.00. The van der Waals surface area contributed by atoms with Crippen molar-refractivity contribution in [3.63, 3.8) is 0 Å². The lowest BCUT2D eigenvalue weighted by atomic mass is 10.3. The maximum atomic E-state index is 13.7. The summed E-state index contributed by atoms with van der Waals surface area (Å²) >= 11 is 0. The number of aliphatic hydroxyl groups excluding tert-OH is 1. The Morgan fingerprint density at radius 1 is 1.62 bits per heavy atom. The third kappa shape index (κ3) is 5.70. The third-order valence-corrected chi connectivity index (χ3v) is 2.70. The highest BCUT2D eigenvalue weighted by Crippen LogP contribution is 2.29. The normalized spacial score (nSPS) is 13.9. The highest BCUT2D eigenvalue weighted by atomic mass is 19.3. The molecule has 1 rings (SSSR count). The van der Waals surface area contributed by atoms with Gasteiger partial charge >= 0.3 is 11.8 Å². The minimum absolute atomic E-state index is 0.0417. The van der Waals surface area contributed by atoms with Crippen molar-refractivity contribution in [3.8, 4) is 0 Å². The first kappa shape index (κ1) is 19.7. The number of aromatic nitrogens is 2. The van der Waals surface area contributed by atoms with Gasteiger partial charge in [-0.2, -0.15) is 4.98 Å². The molecule has 1 amide bonds. The van der Waals surface area contributed by atoms with E-state index in [1.807, 2.05) is 0 Å². The van der Waals surface area contributed by atoms with Gasteiger partial charge in [-0.1, -0.05) is 12.7 Å². The lowest BCUT2D eigenvalue weighted by Gasteiger charge is -2.27. The largest absolute Gasteiger partial charge is 0.445 e. The number of alkyl halides is 2. The van der Waals surface area contributed by atoms with Crippen molar-refractivity contribution in [2.45, 2.75) is 32.1 Å². The lowest BCUT2D eigenvalue weighted by molar-refractivity contribution is -0.190. The fraction of sp³-hybridized carbons (Fsp3) is 0.500. The number of aliphatic hydroxyl groups is 1. The molecule has 0 spiro atoms. The molecule has 0 saturated heterocycles. The molecule has 2 N–H and O–H groups in total. The highest BCUT2D eigenvalue weighted by Gasteiger charge is 2.38. The highest BCUT2D eigenvalue weighted by molar-refractivity contribution is 5.83. The predicted octanol–water partition coefficient (Wildman–Crippen LogP) is 1.53. The van der Waals surface area contributed by atoms with Crippen LogP contribution in [0, 0.1) is 0 Å². The minimum Gasteiger partial charge on any atom is -0.445 e. The summed E-state index contributed by atoms with van der Waals surface area (Å²) in [5.74, 6) is -3.58. The molecule has 10 heteroatoms. The standard InChI is InChI=1S/C14H19F2N3O5/c1-4-7-23-13(22)18-10-5-6-19(12(21)17-10)11(14(3,15)16)24-9(2)8-20/h4-6,9,11,20H,1,7-8H2,2-3H3,(H,17,18,21,22)/t9-,11+/m0/s1. The van der Waals surface area contributed by atoms with Crippen LogP contribution in [0.3, 0.4) is 0 Å². The SMILES string of the molecule is C=CCOC(=O)Nc1ccn([C@H](O[C@@H](C)CO)C(C)(F)F)c(=O)n1. The second-order valence-electron chi connectivity index (χ2n) is 4.95. The lowest BCUT2D eigenvalue weighted by Crippen LogP contribution is -2.40. The number of carbonyl (C=O) groups excluding carboxylic acids is 1. The van der Waals surface area contributed by atoms with Gasteiger partial charge in [0.25, 0.3) is 5.92 Å². The fourth-order valence-corrected chi connectivity index (χ4v) is 1.63. The minimum atomic E-state index is -3.41. The summed E-state index contributed by atoms with van der Waals surface area (Å²) in [6.45, 7) is 4.78. The Labute approximate surface area is 136 Å². The first-order chi connectivity index (χ1) is 11.2. The molecule has 134 valence electrons. The van der Waals surface area contributed by atoms with Gasteiger partial charge < -0.3 is 14.6 Å². The zero-order chi connectivity index (χ0) is 18.3. The van der Waals surface area contributed by atoms with E-state index in [1.54, 1.807) is 0 Å². The van der Waals surface area contributed by atoms with Crippen molar-refractivity contribution in [1.29, 1.82) is 0 Å². The van der Waals surface area contributed by atoms with Crippen molar-refractivity contribution in [2.75, 3.05) is 18.5 Å². The van der Waals surface area contributed by atoms with E-state index in [1.165, 1.54) is 13.0 Å². The molecule has 1 aromatic rings. The van der Waals surface area contributed by atoms with Gasteiger partial charge in [0.15, 0.2) is 0 Å². The molecule has 0 aliphatic heterocycles. The molecule has 0 aliphatic carbocycles. The van der Waals surface area contributed by atoms with Crippen LogP contribution in [0.1, 0.15) is 20.1 Å². The van der Waals surface area contributed by atoms with Gasteiger partial charge in [0.05, 0.1) is 12.7 Å². The molecule has 1 aromatic heterocycles. The number of rotatable bonds is 8. The van der Waals surface area contributed by atoms with Crippen LogP contribution in [0.25, 0.3) is 0 Å². The Kier molecular flexibility index (Phi) is 6.98. The summed E-state index contributed by atoms with van der Waals surface area (Å²) in [4.78, 5) is 26.8. The van der Waals surface area contributed by atoms with Crippen LogP contribution in [0.4, 0.5) is 19.4 Å². The first-order valence-electron chi connectivity index (χ1n) is 6.97. The predicted molar refractivity (Wildman–Crippen MR) is 81.0 cm³/mol. The van der Waals surface area contributed by atoms with E-state index in [2.05, 4.69) is 21.6 Å². The average molecular weight is 347 g/mol. The van der Waals surface area contributed by atoms with Crippen LogP contribution in [-0.2, 0) is 9.47 Å². The fourth-order valence-electron chi connectivity index (χ4n) is 1.63. The monoisotopic (exact) mass is 347 g/mol. The van der Waals surface area contributed by atoms with Crippen LogP contribution in [0.2, 0.25) is 0 Å². The maximum Gasteiger partial charge on any atom is 0.413 e. The summed E-state index contributed by atoms with van der Waals surface area (Å²) in [6.07, 6.45) is -1.40. The zero-order valence-corrected chi connectivity index (χ0v) is 13.2. The molecule has 8 nitrogen and oxygen atoms in total. The van der Waals surface area contributed by atoms with Gasteiger partial charge in [0, 0.05) is 13.1 Å². The Hall–Kier alpha value is -2.33. The van der Waals surface area contributed by atoms with Crippen LogP contribution in [0.15, 0.2) is 29.7 Å². The number of halogens is 2. The van der Waals surface area contributed by atoms with E-state index in [0.29, 0.717) is 11.5 Å².